The van der Waals surface area contributed by atoms with Crippen LogP contribution in [0.25, 0.3) is 0 Å². The first-order valence-electron chi connectivity index (χ1n) is 11.3. The molecule has 0 radical (unpaired) electrons. The molecular weight excluding hydrogens is 472 g/mol. The molecule has 0 heterocycles. The number of phenolic OH excluding ortho intramolecular Hbond substituents is 1. The van der Waals surface area contributed by atoms with Crippen molar-refractivity contribution in [2.75, 3.05) is 51.5 Å². The first kappa shape index (κ1) is 28.1. The first-order chi connectivity index (χ1) is 16.6. The van der Waals surface area contributed by atoms with Crippen molar-refractivity contribution in [1.29, 1.82) is 0 Å². The van der Waals surface area contributed by atoms with Crippen LogP contribution in [0.5, 0.6) is 5.75 Å². The van der Waals surface area contributed by atoms with E-state index in [2.05, 4.69) is 32.9 Å². The molecule has 0 aromatic heterocycles. The van der Waals surface area contributed by atoms with E-state index in [1.807, 2.05) is 18.4 Å². The number of ether oxygens (including phenoxy) is 2. The standard InChI is InChI=1S/C24H34N4O4S2/c1-34-26-12-10-19-4-9-23(29)22(18-19)28-27-21-7-5-20(6-8-21)24(30)25-11-2-13-31-15-16-32-14-3-17-33/h4-9,18,26,29,33H,2-3,10-17H2,1H3,(H,25,30)/b28-27+. The highest BCUT2D eigenvalue weighted by molar-refractivity contribution is 7.96. The van der Waals surface area contributed by atoms with Gasteiger partial charge in [0, 0.05) is 31.9 Å². The fourth-order valence-electron chi connectivity index (χ4n) is 2.86. The number of phenols is 1. The number of hydrogen-bond acceptors (Lipinski definition) is 9. The Hall–Kier alpha value is -2.11. The van der Waals surface area contributed by atoms with Crippen LogP contribution in [0.15, 0.2) is 52.7 Å². The minimum atomic E-state index is -0.150. The summed E-state index contributed by atoms with van der Waals surface area (Å²) in [5.74, 6) is 0.748. The Kier molecular flexibility index (Phi) is 14.3. The van der Waals surface area contributed by atoms with Gasteiger partial charge in [0.05, 0.1) is 18.9 Å². The van der Waals surface area contributed by atoms with Crippen LogP contribution in [-0.2, 0) is 15.9 Å². The molecule has 0 aliphatic heterocycles. The molecule has 0 unspecified atom stereocenters. The van der Waals surface area contributed by atoms with Crippen LogP contribution in [0.3, 0.4) is 0 Å². The number of carbonyl (C=O) groups excluding carboxylic acids is 1. The molecule has 0 saturated carbocycles. The van der Waals surface area contributed by atoms with Crippen LogP contribution in [0.1, 0.15) is 28.8 Å². The molecule has 34 heavy (non-hydrogen) atoms. The van der Waals surface area contributed by atoms with E-state index in [1.165, 1.54) is 0 Å². The van der Waals surface area contributed by atoms with Crippen molar-refractivity contribution in [2.45, 2.75) is 19.3 Å². The Morgan fingerprint density at radius 1 is 1.00 bits per heavy atom. The van der Waals surface area contributed by atoms with Crippen molar-refractivity contribution in [3.63, 3.8) is 0 Å². The Labute approximate surface area is 211 Å². The Morgan fingerprint density at radius 2 is 1.74 bits per heavy atom. The van der Waals surface area contributed by atoms with Crippen molar-refractivity contribution >= 4 is 41.9 Å². The molecule has 2 rings (SSSR count). The fraction of sp³-hybridized carbons (Fsp3) is 0.458. The number of benzene rings is 2. The summed E-state index contributed by atoms with van der Waals surface area (Å²) >= 11 is 5.69. The third-order valence-electron chi connectivity index (χ3n) is 4.67. The van der Waals surface area contributed by atoms with Crippen molar-refractivity contribution < 1.29 is 19.4 Å². The van der Waals surface area contributed by atoms with Gasteiger partial charge < -0.3 is 19.9 Å². The number of hydrogen-bond donors (Lipinski definition) is 4. The predicted molar refractivity (Wildman–Crippen MR) is 141 cm³/mol. The SMILES string of the molecule is CSNCCc1ccc(O)c(/N=N/c2ccc(C(=O)NCCCOCCOCCCS)cc2)c1. The second-order valence-electron chi connectivity index (χ2n) is 7.33. The lowest BCUT2D eigenvalue weighted by Crippen LogP contribution is -2.25. The van der Waals surface area contributed by atoms with Crippen molar-refractivity contribution in [3.8, 4) is 5.75 Å². The average Bonchev–Trinajstić information content (AvgIpc) is 2.85. The van der Waals surface area contributed by atoms with Gasteiger partial charge in [-0.1, -0.05) is 18.0 Å². The second-order valence-corrected chi connectivity index (χ2v) is 8.47. The lowest BCUT2D eigenvalue weighted by atomic mass is 10.1. The fourth-order valence-corrected chi connectivity index (χ4v) is 3.30. The van der Waals surface area contributed by atoms with E-state index >= 15 is 0 Å². The van der Waals surface area contributed by atoms with Crippen molar-refractivity contribution in [1.82, 2.24) is 10.0 Å². The van der Waals surface area contributed by atoms with E-state index < -0.39 is 0 Å². The van der Waals surface area contributed by atoms with Gasteiger partial charge in [-0.05, 0) is 73.2 Å². The van der Waals surface area contributed by atoms with E-state index in [-0.39, 0.29) is 11.7 Å². The second kappa shape index (κ2) is 17.3. The number of nitrogens with one attached hydrogen (secondary N) is 2. The van der Waals surface area contributed by atoms with Crippen LogP contribution in [0.4, 0.5) is 11.4 Å². The number of thiol groups is 1. The van der Waals surface area contributed by atoms with E-state index in [0.717, 1.165) is 37.1 Å². The summed E-state index contributed by atoms with van der Waals surface area (Å²) in [6.45, 7) is 3.75. The molecule has 3 N–H and O–H groups in total. The zero-order valence-electron chi connectivity index (χ0n) is 19.5. The normalized spacial score (nSPS) is 11.2. The number of carbonyl (C=O) groups is 1. The minimum Gasteiger partial charge on any atom is -0.506 e. The monoisotopic (exact) mass is 506 g/mol. The van der Waals surface area contributed by atoms with Crippen LogP contribution < -0.4 is 10.0 Å². The van der Waals surface area contributed by atoms with Crippen LogP contribution in [0.2, 0.25) is 0 Å². The van der Waals surface area contributed by atoms with Gasteiger partial charge in [0.15, 0.2) is 0 Å². The van der Waals surface area contributed by atoms with E-state index in [4.69, 9.17) is 9.47 Å². The van der Waals surface area contributed by atoms with Gasteiger partial charge in [0.25, 0.3) is 5.91 Å². The van der Waals surface area contributed by atoms with Gasteiger partial charge in [-0.25, -0.2) is 0 Å². The minimum absolute atomic E-state index is 0.0753. The highest BCUT2D eigenvalue weighted by Crippen LogP contribution is 2.29. The summed E-state index contributed by atoms with van der Waals surface area (Å²) in [5.41, 5.74) is 2.61. The van der Waals surface area contributed by atoms with Crippen LogP contribution in [-0.4, -0.2) is 62.5 Å². The summed E-state index contributed by atoms with van der Waals surface area (Å²) in [4.78, 5) is 12.3. The average molecular weight is 507 g/mol. The highest BCUT2D eigenvalue weighted by atomic mass is 32.2. The summed E-state index contributed by atoms with van der Waals surface area (Å²) in [6.07, 6.45) is 4.47. The number of azo groups is 1. The molecule has 0 spiro atoms. The lowest BCUT2D eigenvalue weighted by Gasteiger charge is -2.07. The quantitative estimate of drug-likeness (QED) is 0.107. The lowest BCUT2D eigenvalue weighted by molar-refractivity contribution is 0.0473. The van der Waals surface area contributed by atoms with Crippen molar-refractivity contribution in [3.05, 3.63) is 53.6 Å². The van der Waals surface area contributed by atoms with Gasteiger partial charge >= 0.3 is 0 Å². The van der Waals surface area contributed by atoms with Gasteiger partial charge in [0.2, 0.25) is 0 Å². The Morgan fingerprint density at radius 3 is 2.44 bits per heavy atom. The molecule has 0 fully saturated rings. The molecule has 0 aliphatic rings. The van der Waals surface area contributed by atoms with Gasteiger partial charge in [-0.3, -0.25) is 9.52 Å². The summed E-state index contributed by atoms with van der Waals surface area (Å²) in [7, 11) is 0. The number of amides is 1. The molecule has 0 aliphatic carbocycles. The molecule has 10 heteroatoms. The third kappa shape index (κ3) is 11.3. The van der Waals surface area contributed by atoms with Gasteiger partial charge in [0.1, 0.15) is 11.4 Å². The molecule has 8 nitrogen and oxygen atoms in total. The third-order valence-corrected chi connectivity index (χ3v) is 5.48. The molecule has 1 amide bonds. The summed E-state index contributed by atoms with van der Waals surface area (Å²) in [5, 5.41) is 21.3. The zero-order chi connectivity index (χ0) is 24.4. The van der Waals surface area contributed by atoms with Gasteiger partial charge in [-0.15, -0.1) is 5.11 Å². The molecule has 0 saturated heterocycles. The van der Waals surface area contributed by atoms with E-state index in [9.17, 15) is 9.90 Å². The molecule has 186 valence electrons. The number of nitrogens with zero attached hydrogens (tertiary/aromatic N) is 2. The van der Waals surface area contributed by atoms with Crippen molar-refractivity contribution in [2.24, 2.45) is 10.2 Å². The zero-order valence-corrected chi connectivity index (χ0v) is 21.2. The van der Waals surface area contributed by atoms with Crippen LogP contribution >= 0.6 is 24.6 Å². The molecule has 2 aromatic carbocycles. The Balaban J connectivity index is 1.72. The van der Waals surface area contributed by atoms with E-state index in [0.29, 0.717) is 49.9 Å². The molecular formula is C24H34N4O4S2. The molecule has 2 aromatic rings. The predicted octanol–water partition coefficient (Wildman–Crippen LogP) is 4.69. The number of aromatic hydroxyl groups is 1. The maximum Gasteiger partial charge on any atom is 0.251 e. The smallest absolute Gasteiger partial charge is 0.251 e. The van der Waals surface area contributed by atoms with Gasteiger partial charge in [-0.2, -0.15) is 17.7 Å². The maximum atomic E-state index is 12.3. The topological polar surface area (TPSA) is 105 Å². The largest absolute Gasteiger partial charge is 0.506 e. The summed E-state index contributed by atoms with van der Waals surface area (Å²) in [6, 6.07) is 12.2. The Bertz CT molecular complexity index is 882. The maximum absolute atomic E-state index is 12.3. The molecule has 0 atom stereocenters. The van der Waals surface area contributed by atoms with E-state index in [1.54, 1.807) is 42.3 Å². The molecule has 0 bridgehead atoms. The number of rotatable bonds is 17. The summed E-state index contributed by atoms with van der Waals surface area (Å²) < 4.78 is 14.1. The first-order valence-corrected chi connectivity index (χ1v) is 13.1. The van der Waals surface area contributed by atoms with Crippen LogP contribution in [0, 0.1) is 0 Å². The highest BCUT2D eigenvalue weighted by Gasteiger charge is 2.06.